The van der Waals surface area contributed by atoms with Crippen LogP contribution in [-0.2, 0) is 0 Å². The van der Waals surface area contributed by atoms with Gasteiger partial charge in [-0.05, 0) is 37.0 Å². The molecule has 0 aromatic carbocycles. The molecule has 14 heavy (non-hydrogen) atoms. The van der Waals surface area contributed by atoms with E-state index in [1.807, 2.05) is 0 Å². The fraction of sp³-hybridized carbons (Fsp3) is 1.00. The quantitative estimate of drug-likeness (QED) is 0.723. The largest absolute Gasteiger partial charge is 0.329 e. The Hall–Kier alpha value is -0.0800. The van der Waals surface area contributed by atoms with Crippen molar-refractivity contribution in [3.63, 3.8) is 0 Å². The van der Waals surface area contributed by atoms with E-state index in [2.05, 4.69) is 26.1 Å². The standard InChI is InChI=1S/C12H24N2/c1-9-6-11(2,3)7-12(9,8-13)14-10-4-5-10/h9-10,14H,4-8,13H2,1-3H3. The monoisotopic (exact) mass is 196 g/mol. The van der Waals surface area contributed by atoms with Gasteiger partial charge in [0.15, 0.2) is 0 Å². The van der Waals surface area contributed by atoms with Gasteiger partial charge in [0, 0.05) is 18.1 Å². The summed E-state index contributed by atoms with van der Waals surface area (Å²) in [5.74, 6) is 0.725. The molecular formula is C12H24N2. The van der Waals surface area contributed by atoms with E-state index in [1.54, 1.807) is 0 Å². The van der Waals surface area contributed by atoms with E-state index < -0.39 is 0 Å². The Bertz CT molecular complexity index is 220. The Morgan fingerprint density at radius 2 is 2.00 bits per heavy atom. The molecule has 0 heterocycles. The average molecular weight is 196 g/mol. The molecule has 2 unspecified atom stereocenters. The van der Waals surface area contributed by atoms with E-state index in [-0.39, 0.29) is 5.54 Å². The Kier molecular flexibility index (Phi) is 2.39. The van der Waals surface area contributed by atoms with Gasteiger partial charge in [-0.1, -0.05) is 20.8 Å². The van der Waals surface area contributed by atoms with E-state index in [1.165, 1.54) is 25.7 Å². The summed E-state index contributed by atoms with van der Waals surface area (Å²) >= 11 is 0. The van der Waals surface area contributed by atoms with Crippen LogP contribution in [0.2, 0.25) is 0 Å². The summed E-state index contributed by atoms with van der Waals surface area (Å²) in [7, 11) is 0. The lowest BCUT2D eigenvalue weighted by molar-refractivity contribution is 0.253. The van der Waals surface area contributed by atoms with Crippen molar-refractivity contribution in [1.82, 2.24) is 5.32 Å². The van der Waals surface area contributed by atoms with E-state index in [9.17, 15) is 0 Å². The van der Waals surface area contributed by atoms with Gasteiger partial charge in [0.25, 0.3) is 0 Å². The fourth-order valence-corrected chi connectivity index (χ4v) is 3.28. The first kappa shape index (κ1) is 10.4. The SMILES string of the molecule is CC1CC(C)(C)CC1(CN)NC1CC1. The Morgan fingerprint density at radius 3 is 2.36 bits per heavy atom. The smallest absolute Gasteiger partial charge is 0.0337 e. The van der Waals surface area contributed by atoms with Crippen molar-refractivity contribution in [3.8, 4) is 0 Å². The summed E-state index contributed by atoms with van der Waals surface area (Å²) in [4.78, 5) is 0. The van der Waals surface area contributed by atoms with Gasteiger partial charge in [0.1, 0.15) is 0 Å². The molecule has 2 atom stereocenters. The zero-order chi connectivity index (χ0) is 10.4. The Balaban J connectivity index is 2.09. The van der Waals surface area contributed by atoms with E-state index in [4.69, 9.17) is 5.73 Å². The normalized spacial score (nSPS) is 41.6. The van der Waals surface area contributed by atoms with Crippen molar-refractivity contribution < 1.29 is 0 Å². The summed E-state index contributed by atoms with van der Waals surface area (Å²) < 4.78 is 0. The van der Waals surface area contributed by atoms with Crippen LogP contribution in [0, 0.1) is 11.3 Å². The van der Waals surface area contributed by atoms with Crippen molar-refractivity contribution in [2.45, 2.75) is 58.0 Å². The molecule has 2 rings (SSSR count). The molecule has 0 amide bonds. The summed E-state index contributed by atoms with van der Waals surface area (Å²) in [6.45, 7) is 7.90. The Morgan fingerprint density at radius 1 is 1.36 bits per heavy atom. The van der Waals surface area contributed by atoms with Crippen LogP contribution in [0.4, 0.5) is 0 Å². The Labute approximate surface area is 87.6 Å². The van der Waals surface area contributed by atoms with Crippen LogP contribution < -0.4 is 11.1 Å². The second kappa shape index (κ2) is 3.21. The van der Waals surface area contributed by atoms with Crippen LogP contribution in [-0.4, -0.2) is 18.1 Å². The van der Waals surface area contributed by atoms with Crippen molar-refractivity contribution in [2.24, 2.45) is 17.1 Å². The van der Waals surface area contributed by atoms with E-state index in [0.717, 1.165) is 18.5 Å². The van der Waals surface area contributed by atoms with E-state index in [0.29, 0.717) is 5.41 Å². The molecule has 2 aliphatic carbocycles. The maximum absolute atomic E-state index is 5.99. The highest BCUT2D eigenvalue weighted by atomic mass is 15.1. The molecular weight excluding hydrogens is 172 g/mol. The molecule has 3 N–H and O–H groups in total. The molecule has 2 aliphatic rings. The van der Waals surface area contributed by atoms with Gasteiger partial charge in [-0.15, -0.1) is 0 Å². The summed E-state index contributed by atoms with van der Waals surface area (Å²) in [5, 5.41) is 3.80. The van der Waals surface area contributed by atoms with Gasteiger partial charge >= 0.3 is 0 Å². The molecule has 0 spiro atoms. The van der Waals surface area contributed by atoms with Gasteiger partial charge in [-0.25, -0.2) is 0 Å². The van der Waals surface area contributed by atoms with Crippen molar-refractivity contribution in [1.29, 1.82) is 0 Å². The molecule has 0 aromatic heterocycles. The number of nitrogens with one attached hydrogen (secondary N) is 1. The maximum atomic E-state index is 5.99. The lowest BCUT2D eigenvalue weighted by Gasteiger charge is -2.34. The number of nitrogens with two attached hydrogens (primary N) is 1. The molecule has 2 saturated carbocycles. The second-order valence-electron chi connectivity index (χ2n) is 6.23. The minimum Gasteiger partial charge on any atom is -0.329 e. The molecule has 0 aliphatic heterocycles. The minimum absolute atomic E-state index is 0.241. The van der Waals surface area contributed by atoms with Crippen LogP contribution in [0.25, 0.3) is 0 Å². The first-order valence-electron chi connectivity index (χ1n) is 5.95. The third-order valence-electron chi connectivity index (χ3n) is 4.03. The highest BCUT2D eigenvalue weighted by Gasteiger charge is 2.49. The molecule has 2 nitrogen and oxygen atoms in total. The molecule has 0 bridgehead atoms. The molecule has 0 radical (unpaired) electrons. The highest BCUT2D eigenvalue weighted by Crippen LogP contribution is 2.48. The van der Waals surface area contributed by atoms with Crippen molar-refractivity contribution in [2.75, 3.05) is 6.54 Å². The van der Waals surface area contributed by atoms with Crippen LogP contribution >= 0.6 is 0 Å². The number of rotatable bonds is 3. The first-order valence-corrected chi connectivity index (χ1v) is 5.95. The second-order valence-corrected chi connectivity index (χ2v) is 6.23. The predicted octanol–water partition coefficient (Wildman–Crippen LogP) is 1.89. The van der Waals surface area contributed by atoms with Crippen LogP contribution in [0.15, 0.2) is 0 Å². The third-order valence-corrected chi connectivity index (χ3v) is 4.03. The molecule has 0 saturated heterocycles. The van der Waals surface area contributed by atoms with Gasteiger partial charge in [0.2, 0.25) is 0 Å². The summed E-state index contributed by atoms with van der Waals surface area (Å²) in [5.41, 5.74) is 6.71. The van der Waals surface area contributed by atoms with Gasteiger partial charge in [-0.3, -0.25) is 0 Å². The third kappa shape index (κ3) is 1.82. The van der Waals surface area contributed by atoms with Crippen LogP contribution in [0.1, 0.15) is 46.5 Å². The molecule has 2 fully saturated rings. The van der Waals surface area contributed by atoms with E-state index >= 15 is 0 Å². The topological polar surface area (TPSA) is 38.0 Å². The molecule has 0 aromatic rings. The minimum atomic E-state index is 0.241. The molecule has 82 valence electrons. The lowest BCUT2D eigenvalue weighted by Crippen LogP contribution is -2.54. The average Bonchev–Trinajstić information content (AvgIpc) is 2.81. The zero-order valence-electron chi connectivity index (χ0n) is 9.77. The first-order chi connectivity index (χ1) is 6.47. The lowest BCUT2D eigenvalue weighted by atomic mass is 9.86. The summed E-state index contributed by atoms with van der Waals surface area (Å²) in [6.07, 6.45) is 5.27. The van der Waals surface area contributed by atoms with Gasteiger partial charge in [0.05, 0.1) is 0 Å². The zero-order valence-corrected chi connectivity index (χ0v) is 9.77. The van der Waals surface area contributed by atoms with Gasteiger partial charge < -0.3 is 11.1 Å². The van der Waals surface area contributed by atoms with Gasteiger partial charge in [-0.2, -0.15) is 0 Å². The fourth-order valence-electron chi connectivity index (χ4n) is 3.28. The number of hydrogen-bond acceptors (Lipinski definition) is 2. The van der Waals surface area contributed by atoms with Crippen LogP contribution in [0.3, 0.4) is 0 Å². The van der Waals surface area contributed by atoms with Crippen LogP contribution in [0.5, 0.6) is 0 Å². The van der Waals surface area contributed by atoms with Crippen molar-refractivity contribution >= 4 is 0 Å². The predicted molar refractivity (Wildman–Crippen MR) is 60.1 cm³/mol. The van der Waals surface area contributed by atoms with Crippen molar-refractivity contribution in [3.05, 3.63) is 0 Å². The molecule has 2 heteroatoms. The highest BCUT2D eigenvalue weighted by molar-refractivity contribution is 5.07. The summed E-state index contributed by atoms with van der Waals surface area (Å²) in [6, 6.07) is 0.773. The number of hydrogen-bond donors (Lipinski definition) is 2. The maximum Gasteiger partial charge on any atom is 0.0337 e.